The number of para-hydroxylation sites is 1. The molecule has 0 saturated heterocycles. The molecule has 4 rings (SSSR count). The van der Waals surface area contributed by atoms with Crippen molar-refractivity contribution in [3.63, 3.8) is 0 Å². The minimum absolute atomic E-state index is 0.00957. The fourth-order valence-corrected chi connectivity index (χ4v) is 3.93. The van der Waals surface area contributed by atoms with Crippen LogP contribution >= 0.6 is 11.3 Å². The van der Waals surface area contributed by atoms with Gasteiger partial charge in [0.2, 0.25) is 0 Å². The van der Waals surface area contributed by atoms with Gasteiger partial charge in [-0.3, -0.25) is 10.1 Å². The SMILES string of the molecule is Cc1cc(-c2ccc(/C=C(/C#N)c3nc4ccccc4s3)o2)c([N+](=O)[O-])cc1C. The van der Waals surface area contributed by atoms with E-state index in [2.05, 4.69) is 11.1 Å². The van der Waals surface area contributed by atoms with Gasteiger partial charge in [-0.15, -0.1) is 11.3 Å². The van der Waals surface area contributed by atoms with Gasteiger partial charge in [0, 0.05) is 12.1 Å². The second-order valence-corrected chi connectivity index (χ2v) is 7.60. The van der Waals surface area contributed by atoms with E-state index in [9.17, 15) is 15.4 Å². The number of hydrogen-bond acceptors (Lipinski definition) is 6. The van der Waals surface area contributed by atoms with Crippen LogP contribution < -0.4 is 0 Å². The monoisotopic (exact) mass is 401 g/mol. The Morgan fingerprint density at radius 1 is 1.21 bits per heavy atom. The highest BCUT2D eigenvalue weighted by molar-refractivity contribution is 7.19. The van der Waals surface area contributed by atoms with E-state index in [1.54, 1.807) is 30.3 Å². The number of nitrogens with zero attached hydrogens (tertiary/aromatic N) is 3. The first-order chi connectivity index (χ1) is 14.0. The predicted molar refractivity (Wildman–Crippen MR) is 113 cm³/mol. The number of hydrogen-bond donors (Lipinski definition) is 0. The molecule has 7 heteroatoms. The molecular weight excluding hydrogens is 386 g/mol. The summed E-state index contributed by atoms with van der Waals surface area (Å²) < 4.78 is 6.82. The van der Waals surface area contributed by atoms with Crippen LogP contribution in [0.15, 0.2) is 52.9 Å². The van der Waals surface area contributed by atoms with Gasteiger partial charge in [0.05, 0.1) is 26.3 Å². The number of thiazole rings is 1. The number of nitro groups is 1. The van der Waals surface area contributed by atoms with Crippen LogP contribution in [0.3, 0.4) is 0 Å². The minimum Gasteiger partial charge on any atom is -0.456 e. The first-order valence-corrected chi connectivity index (χ1v) is 9.61. The number of rotatable bonds is 4. The topological polar surface area (TPSA) is 93.0 Å². The lowest BCUT2D eigenvalue weighted by molar-refractivity contribution is -0.384. The van der Waals surface area contributed by atoms with Gasteiger partial charge in [-0.05, 0) is 55.3 Å². The van der Waals surface area contributed by atoms with Crippen molar-refractivity contribution in [1.29, 1.82) is 5.26 Å². The molecule has 4 aromatic rings. The Hall–Kier alpha value is -3.76. The van der Waals surface area contributed by atoms with Gasteiger partial charge in [-0.2, -0.15) is 5.26 Å². The summed E-state index contributed by atoms with van der Waals surface area (Å²) in [5.74, 6) is 0.816. The average Bonchev–Trinajstić information content (AvgIpc) is 3.34. The number of fused-ring (bicyclic) bond motifs is 1. The Morgan fingerprint density at radius 2 is 1.97 bits per heavy atom. The van der Waals surface area contributed by atoms with Crippen LogP contribution in [0.4, 0.5) is 5.69 Å². The highest BCUT2D eigenvalue weighted by Gasteiger charge is 2.20. The molecule has 2 aromatic heterocycles. The normalized spacial score (nSPS) is 11.6. The van der Waals surface area contributed by atoms with Crippen LogP contribution in [0.2, 0.25) is 0 Å². The zero-order valence-corrected chi connectivity index (χ0v) is 16.5. The third-order valence-corrected chi connectivity index (χ3v) is 5.70. The van der Waals surface area contributed by atoms with Gasteiger partial charge >= 0.3 is 0 Å². The summed E-state index contributed by atoms with van der Waals surface area (Å²) in [7, 11) is 0. The lowest BCUT2D eigenvalue weighted by atomic mass is 10.0. The standard InChI is InChI=1S/C22H15N3O3S/c1-13-9-17(19(25(26)27)10-14(13)2)20-8-7-16(28-20)11-15(12-23)22-24-18-5-3-4-6-21(18)29-22/h3-11H,1-2H3/b15-11-. The Bertz CT molecular complexity index is 1290. The molecule has 0 bridgehead atoms. The Labute approximate surface area is 170 Å². The Balaban J connectivity index is 1.75. The molecule has 0 amide bonds. The van der Waals surface area contributed by atoms with E-state index < -0.39 is 4.92 Å². The van der Waals surface area contributed by atoms with E-state index in [1.807, 2.05) is 38.1 Å². The van der Waals surface area contributed by atoms with Crippen molar-refractivity contribution in [2.24, 2.45) is 0 Å². The predicted octanol–water partition coefficient (Wildman–Crippen LogP) is 6.15. The number of aromatic nitrogens is 1. The molecule has 29 heavy (non-hydrogen) atoms. The highest BCUT2D eigenvalue weighted by Crippen LogP contribution is 2.35. The van der Waals surface area contributed by atoms with Crippen molar-refractivity contribution < 1.29 is 9.34 Å². The number of furan rings is 1. The zero-order chi connectivity index (χ0) is 20.5. The zero-order valence-electron chi connectivity index (χ0n) is 15.7. The van der Waals surface area contributed by atoms with Crippen LogP contribution in [0.5, 0.6) is 0 Å². The average molecular weight is 401 g/mol. The van der Waals surface area contributed by atoms with Crippen molar-refractivity contribution in [2.75, 3.05) is 0 Å². The number of nitriles is 1. The molecule has 0 unspecified atom stereocenters. The second-order valence-electron chi connectivity index (χ2n) is 6.57. The summed E-state index contributed by atoms with van der Waals surface area (Å²) in [5, 5.41) is 21.7. The van der Waals surface area contributed by atoms with E-state index in [0.717, 1.165) is 21.3 Å². The van der Waals surface area contributed by atoms with Crippen molar-refractivity contribution in [3.05, 3.63) is 80.5 Å². The lowest BCUT2D eigenvalue weighted by Gasteiger charge is -2.04. The Morgan fingerprint density at radius 3 is 2.69 bits per heavy atom. The molecule has 0 aliphatic carbocycles. The van der Waals surface area contributed by atoms with Crippen molar-refractivity contribution in [1.82, 2.24) is 4.98 Å². The summed E-state index contributed by atoms with van der Waals surface area (Å²) in [6, 6.07) is 16.5. The number of benzene rings is 2. The molecule has 0 aliphatic rings. The number of allylic oxidation sites excluding steroid dienone is 1. The molecule has 2 aromatic carbocycles. The minimum atomic E-state index is -0.415. The smallest absolute Gasteiger partial charge is 0.280 e. The summed E-state index contributed by atoms with van der Waals surface area (Å²) in [4.78, 5) is 15.5. The van der Waals surface area contributed by atoms with Crippen molar-refractivity contribution >= 4 is 38.9 Å². The third kappa shape index (κ3) is 3.53. The molecule has 142 valence electrons. The van der Waals surface area contributed by atoms with Crippen LogP contribution in [0, 0.1) is 35.3 Å². The number of aryl methyl sites for hydroxylation is 2. The van der Waals surface area contributed by atoms with Crippen LogP contribution in [0.1, 0.15) is 21.9 Å². The van der Waals surface area contributed by atoms with Crippen LogP contribution in [0.25, 0.3) is 33.2 Å². The lowest BCUT2D eigenvalue weighted by Crippen LogP contribution is -1.94. The summed E-state index contributed by atoms with van der Waals surface area (Å²) in [5.41, 5.74) is 3.39. The summed E-state index contributed by atoms with van der Waals surface area (Å²) in [6.45, 7) is 3.73. The highest BCUT2D eigenvalue weighted by atomic mass is 32.1. The second kappa shape index (κ2) is 7.34. The molecule has 0 aliphatic heterocycles. The summed E-state index contributed by atoms with van der Waals surface area (Å²) in [6.07, 6.45) is 1.61. The first kappa shape index (κ1) is 18.6. The molecule has 0 N–H and O–H groups in total. The third-order valence-electron chi connectivity index (χ3n) is 4.63. The van der Waals surface area contributed by atoms with Crippen molar-refractivity contribution in [2.45, 2.75) is 13.8 Å². The first-order valence-electron chi connectivity index (χ1n) is 8.80. The quantitative estimate of drug-likeness (QED) is 0.232. The van der Waals surface area contributed by atoms with Gasteiger partial charge in [0.25, 0.3) is 5.69 Å². The maximum atomic E-state index is 11.5. The molecule has 0 fully saturated rings. The summed E-state index contributed by atoms with van der Waals surface area (Å²) >= 11 is 1.43. The van der Waals surface area contributed by atoms with Gasteiger partial charge < -0.3 is 4.42 Å². The molecule has 0 radical (unpaired) electrons. The molecule has 0 atom stereocenters. The molecule has 0 spiro atoms. The number of nitro benzene ring substituents is 1. The van der Waals surface area contributed by atoms with Gasteiger partial charge in [-0.25, -0.2) is 4.98 Å². The van der Waals surface area contributed by atoms with Crippen LogP contribution in [-0.4, -0.2) is 9.91 Å². The molecule has 0 saturated carbocycles. The molecule has 6 nitrogen and oxygen atoms in total. The Kier molecular flexibility index (Phi) is 4.71. The van der Waals surface area contributed by atoms with Gasteiger partial charge in [0.15, 0.2) is 0 Å². The molecule has 2 heterocycles. The fourth-order valence-electron chi connectivity index (χ4n) is 3.00. The van der Waals surface area contributed by atoms with Crippen LogP contribution in [-0.2, 0) is 0 Å². The van der Waals surface area contributed by atoms with Gasteiger partial charge in [-0.1, -0.05) is 12.1 Å². The largest absolute Gasteiger partial charge is 0.456 e. The maximum Gasteiger partial charge on any atom is 0.280 e. The van der Waals surface area contributed by atoms with E-state index >= 15 is 0 Å². The van der Waals surface area contributed by atoms with E-state index in [-0.39, 0.29) is 5.69 Å². The maximum absolute atomic E-state index is 11.5. The van der Waals surface area contributed by atoms with E-state index in [1.165, 1.54) is 11.3 Å². The molecular formula is C22H15N3O3S. The van der Waals surface area contributed by atoms with E-state index in [4.69, 9.17) is 4.42 Å². The van der Waals surface area contributed by atoms with Crippen molar-refractivity contribution in [3.8, 4) is 17.4 Å². The fraction of sp³-hybridized carbons (Fsp3) is 0.0909. The van der Waals surface area contributed by atoms with E-state index in [0.29, 0.717) is 27.7 Å². The van der Waals surface area contributed by atoms with Gasteiger partial charge in [0.1, 0.15) is 22.6 Å².